The Morgan fingerprint density at radius 2 is 2.03 bits per heavy atom. The molecular weight excluding hydrogens is 428 g/mol. The highest BCUT2D eigenvalue weighted by atomic mass is 32.1. The zero-order valence-electron chi connectivity index (χ0n) is 17.7. The normalized spacial score (nSPS) is 15.6. The van der Waals surface area contributed by atoms with E-state index >= 15 is 0 Å². The Hall–Kier alpha value is -2.88. The largest absolute Gasteiger partial charge is 0.494 e. The molecular formula is C23H28N4O4S. The molecule has 0 spiro atoms. The first-order valence-corrected chi connectivity index (χ1v) is 11.6. The van der Waals surface area contributed by atoms with Gasteiger partial charge in [0.15, 0.2) is 0 Å². The first kappa shape index (κ1) is 22.3. The van der Waals surface area contributed by atoms with E-state index in [4.69, 9.17) is 4.74 Å². The lowest BCUT2D eigenvalue weighted by Gasteiger charge is -2.34. The quantitative estimate of drug-likeness (QED) is 0.390. The first-order valence-electron chi connectivity index (χ1n) is 10.8. The minimum absolute atomic E-state index is 0.0348. The van der Waals surface area contributed by atoms with Crippen molar-refractivity contribution < 1.29 is 14.9 Å². The molecule has 8 nitrogen and oxygen atoms in total. The van der Waals surface area contributed by atoms with Gasteiger partial charge in [-0.05, 0) is 42.7 Å². The van der Waals surface area contributed by atoms with Gasteiger partial charge in [-0.2, -0.15) is 0 Å². The van der Waals surface area contributed by atoms with E-state index in [-0.39, 0.29) is 17.4 Å². The van der Waals surface area contributed by atoms with Crippen LogP contribution in [-0.4, -0.2) is 58.6 Å². The Balaban J connectivity index is 1.19. The summed E-state index contributed by atoms with van der Waals surface area (Å²) in [6, 6.07) is 12.3. The van der Waals surface area contributed by atoms with Gasteiger partial charge in [-0.25, -0.2) is 0 Å². The number of aromatic nitrogens is 2. The lowest BCUT2D eigenvalue weighted by Crippen LogP contribution is -2.45. The topological polar surface area (TPSA) is 111 Å². The van der Waals surface area contributed by atoms with E-state index < -0.39 is 6.10 Å². The van der Waals surface area contributed by atoms with Crippen LogP contribution in [-0.2, 0) is 6.42 Å². The third-order valence-corrected chi connectivity index (χ3v) is 6.45. The van der Waals surface area contributed by atoms with Crippen molar-refractivity contribution in [1.82, 2.24) is 15.3 Å². The van der Waals surface area contributed by atoms with Crippen LogP contribution in [0.15, 0.2) is 53.6 Å². The van der Waals surface area contributed by atoms with Crippen LogP contribution in [0.3, 0.4) is 0 Å². The maximum absolute atomic E-state index is 11.3. The number of pyridine rings is 1. The predicted octanol–water partition coefficient (Wildman–Crippen LogP) is 2.13. The summed E-state index contributed by atoms with van der Waals surface area (Å²) < 4.78 is 5.55. The second kappa shape index (κ2) is 10.6. The van der Waals surface area contributed by atoms with Gasteiger partial charge in [0, 0.05) is 44.0 Å². The van der Waals surface area contributed by atoms with Gasteiger partial charge in [0.2, 0.25) is 5.88 Å². The highest BCUT2D eigenvalue weighted by Gasteiger charge is 2.20. The Bertz CT molecular complexity index is 1030. The van der Waals surface area contributed by atoms with Gasteiger partial charge in [-0.15, -0.1) is 0 Å². The number of thiazole rings is 1. The summed E-state index contributed by atoms with van der Waals surface area (Å²) >= 11 is 1.04. The van der Waals surface area contributed by atoms with Gasteiger partial charge in [0.1, 0.15) is 18.5 Å². The lowest BCUT2D eigenvalue weighted by atomic mass is 10.0. The molecule has 0 saturated carbocycles. The van der Waals surface area contributed by atoms with Crippen LogP contribution >= 0.6 is 11.3 Å². The zero-order valence-corrected chi connectivity index (χ0v) is 18.6. The zero-order chi connectivity index (χ0) is 22.3. The fourth-order valence-corrected chi connectivity index (χ4v) is 4.57. The average molecular weight is 457 g/mol. The molecule has 3 heterocycles. The van der Waals surface area contributed by atoms with E-state index in [1.807, 2.05) is 18.2 Å². The molecule has 1 aliphatic heterocycles. The Morgan fingerprint density at radius 3 is 2.69 bits per heavy atom. The Labute approximate surface area is 190 Å². The molecule has 4 N–H and O–H groups in total. The van der Waals surface area contributed by atoms with Gasteiger partial charge in [0.25, 0.3) is 0 Å². The molecule has 0 bridgehead atoms. The molecule has 1 aromatic carbocycles. The molecule has 32 heavy (non-hydrogen) atoms. The number of H-pyrrole nitrogens is 1. The summed E-state index contributed by atoms with van der Waals surface area (Å²) in [5.41, 5.74) is 2.22. The minimum atomic E-state index is -0.571. The molecule has 0 radical (unpaired) electrons. The van der Waals surface area contributed by atoms with E-state index in [1.54, 1.807) is 18.5 Å². The second-order valence-corrected chi connectivity index (χ2v) is 9.02. The van der Waals surface area contributed by atoms with Gasteiger partial charge in [-0.1, -0.05) is 23.5 Å². The van der Waals surface area contributed by atoms with Crippen LogP contribution in [0.4, 0.5) is 5.69 Å². The summed E-state index contributed by atoms with van der Waals surface area (Å²) in [6.45, 7) is 2.62. The number of aliphatic hydroxyl groups excluding tert-OH is 1. The van der Waals surface area contributed by atoms with Crippen molar-refractivity contribution >= 4 is 17.0 Å². The minimum Gasteiger partial charge on any atom is -0.494 e. The lowest BCUT2D eigenvalue weighted by molar-refractivity contribution is 0.102. The molecule has 2 aromatic heterocycles. The maximum atomic E-state index is 11.3. The number of hydrogen-bond acceptors (Lipinski definition) is 8. The predicted molar refractivity (Wildman–Crippen MR) is 125 cm³/mol. The number of benzene rings is 1. The molecule has 3 aromatic rings. The standard InChI is InChI=1S/C23H28N4O4S/c28-19(15-31-20-2-1-9-24-14-20)13-25-17-7-10-27(11-8-17)18-5-3-16(4-6-18)12-21-22(29)26-23(30)32-21/h1-6,9,14,17,19,25,28-29H,7-8,10-13,15H2,(H,26,30)/t19-/m0/s1. The smallest absolute Gasteiger partial charge is 0.307 e. The third kappa shape index (κ3) is 6.09. The van der Waals surface area contributed by atoms with Gasteiger partial charge < -0.3 is 25.2 Å². The van der Waals surface area contributed by atoms with Crippen LogP contribution in [0.1, 0.15) is 23.3 Å². The molecule has 0 amide bonds. The number of nitrogens with zero attached hydrogens (tertiary/aromatic N) is 2. The molecule has 9 heteroatoms. The molecule has 0 unspecified atom stereocenters. The van der Waals surface area contributed by atoms with E-state index in [1.165, 1.54) is 5.69 Å². The molecule has 1 aliphatic rings. The molecule has 0 aliphatic carbocycles. The van der Waals surface area contributed by atoms with Crippen LogP contribution in [0.5, 0.6) is 11.6 Å². The van der Waals surface area contributed by atoms with Gasteiger partial charge >= 0.3 is 4.87 Å². The highest BCUT2D eigenvalue weighted by Crippen LogP contribution is 2.24. The summed E-state index contributed by atoms with van der Waals surface area (Å²) in [4.78, 5) is 20.5. The number of nitrogens with one attached hydrogen (secondary N) is 2. The highest BCUT2D eigenvalue weighted by molar-refractivity contribution is 7.09. The summed E-state index contributed by atoms with van der Waals surface area (Å²) in [6.07, 6.45) is 5.29. The number of ether oxygens (including phenoxy) is 1. The fourth-order valence-electron chi connectivity index (χ4n) is 3.81. The Kier molecular flexibility index (Phi) is 7.41. The molecule has 170 valence electrons. The van der Waals surface area contributed by atoms with Crippen molar-refractivity contribution in [2.45, 2.75) is 31.4 Å². The monoisotopic (exact) mass is 456 g/mol. The summed E-state index contributed by atoms with van der Waals surface area (Å²) in [5, 5.41) is 23.4. The van der Waals surface area contributed by atoms with Crippen molar-refractivity contribution in [3.8, 4) is 11.6 Å². The number of hydrogen-bond donors (Lipinski definition) is 4. The average Bonchev–Trinajstić information content (AvgIpc) is 3.14. The van der Waals surface area contributed by atoms with Crippen molar-refractivity contribution in [2.75, 3.05) is 31.1 Å². The number of aromatic amines is 1. The van der Waals surface area contributed by atoms with Crippen LogP contribution in [0.25, 0.3) is 0 Å². The molecule has 4 rings (SSSR count). The van der Waals surface area contributed by atoms with E-state index in [2.05, 4.69) is 32.3 Å². The number of aliphatic hydroxyl groups is 1. The van der Waals surface area contributed by atoms with Crippen molar-refractivity contribution in [2.24, 2.45) is 0 Å². The summed E-state index contributed by atoms with van der Waals surface area (Å²) in [7, 11) is 0. The second-order valence-electron chi connectivity index (χ2n) is 7.95. The van der Waals surface area contributed by atoms with Crippen LogP contribution < -0.4 is 19.8 Å². The van der Waals surface area contributed by atoms with Crippen molar-refractivity contribution in [3.05, 3.63) is 68.9 Å². The third-order valence-electron chi connectivity index (χ3n) is 5.58. The van der Waals surface area contributed by atoms with Gasteiger partial charge in [0.05, 0.1) is 11.1 Å². The van der Waals surface area contributed by atoms with E-state index in [0.717, 1.165) is 42.8 Å². The van der Waals surface area contributed by atoms with Crippen LogP contribution in [0.2, 0.25) is 0 Å². The van der Waals surface area contributed by atoms with E-state index in [9.17, 15) is 15.0 Å². The fraction of sp³-hybridized carbons (Fsp3) is 0.391. The number of piperidine rings is 1. The molecule has 1 saturated heterocycles. The van der Waals surface area contributed by atoms with Crippen molar-refractivity contribution in [3.63, 3.8) is 0 Å². The Morgan fingerprint density at radius 1 is 1.25 bits per heavy atom. The van der Waals surface area contributed by atoms with Crippen LogP contribution in [0, 0.1) is 0 Å². The maximum Gasteiger partial charge on any atom is 0.307 e. The van der Waals surface area contributed by atoms with E-state index in [0.29, 0.717) is 29.6 Å². The number of rotatable bonds is 9. The molecule has 1 fully saturated rings. The summed E-state index contributed by atoms with van der Waals surface area (Å²) in [5.74, 6) is 0.624. The van der Waals surface area contributed by atoms with Gasteiger partial charge in [-0.3, -0.25) is 14.8 Å². The van der Waals surface area contributed by atoms with Crippen molar-refractivity contribution in [1.29, 1.82) is 0 Å². The SMILES string of the molecule is O=c1[nH]c(O)c(Cc2ccc(N3CCC(NC[C@H](O)COc4cccnc4)CC3)cc2)s1. The first-order chi connectivity index (χ1) is 15.6. The molecule has 1 atom stereocenters. The number of aromatic hydroxyl groups is 1. The number of anilines is 1.